The number of aromatic nitrogens is 3. The highest BCUT2D eigenvalue weighted by Crippen LogP contribution is 2.27. The molecule has 0 aliphatic rings. The Morgan fingerprint density at radius 2 is 1.86 bits per heavy atom. The van der Waals surface area contributed by atoms with Gasteiger partial charge in [0.25, 0.3) is 0 Å². The number of aliphatic hydroxyl groups excluding tert-OH is 1. The zero-order valence-corrected chi connectivity index (χ0v) is 16.6. The number of aryl methyl sites for hydroxylation is 1. The SMILES string of the molecule is Cc1cc(Nc2cc(S(=O)(=O)c3ccccc3)cc(N(C)CCCO)n2)n[nH]1. The van der Waals surface area contributed by atoms with Crippen molar-refractivity contribution in [3.8, 4) is 0 Å². The average Bonchev–Trinajstić information content (AvgIpc) is 3.11. The molecule has 0 saturated carbocycles. The van der Waals surface area contributed by atoms with Crippen molar-refractivity contribution in [2.45, 2.75) is 23.1 Å². The number of anilines is 3. The van der Waals surface area contributed by atoms with Crippen molar-refractivity contribution in [1.82, 2.24) is 15.2 Å². The Balaban J connectivity index is 2.04. The van der Waals surface area contributed by atoms with Gasteiger partial charge in [-0.2, -0.15) is 5.10 Å². The molecule has 0 saturated heterocycles. The van der Waals surface area contributed by atoms with Crippen LogP contribution < -0.4 is 10.2 Å². The minimum absolute atomic E-state index is 0.0456. The van der Waals surface area contributed by atoms with Crippen LogP contribution in [-0.2, 0) is 9.84 Å². The number of hydrogen-bond donors (Lipinski definition) is 3. The van der Waals surface area contributed by atoms with E-state index in [2.05, 4.69) is 20.5 Å². The molecule has 1 aromatic carbocycles. The fraction of sp³-hybridized carbons (Fsp3) is 0.263. The molecule has 3 rings (SSSR count). The molecule has 9 heteroatoms. The minimum Gasteiger partial charge on any atom is -0.396 e. The van der Waals surface area contributed by atoms with Crippen LogP contribution in [0, 0.1) is 6.92 Å². The molecule has 0 aliphatic carbocycles. The highest BCUT2D eigenvalue weighted by molar-refractivity contribution is 7.91. The number of nitrogens with one attached hydrogen (secondary N) is 2. The number of aliphatic hydroxyl groups is 1. The maximum atomic E-state index is 13.1. The summed E-state index contributed by atoms with van der Waals surface area (Å²) < 4.78 is 26.2. The molecule has 3 aromatic rings. The fourth-order valence-electron chi connectivity index (χ4n) is 2.68. The molecule has 2 aromatic heterocycles. The number of hydrogen-bond acceptors (Lipinski definition) is 7. The molecule has 148 valence electrons. The quantitative estimate of drug-likeness (QED) is 0.532. The van der Waals surface area contributed by atoms with E-state index in [9.17, 15) is 8.42 Å². The van der Waals surface area contributed by atoms with Gasteiger partial charge < -0.3 is 15.3 Å². The normalized spacial score (nSPS) is 11.4. The van der Waals surface area contributed by atoms with Gasteiger partial charge >= 0.3 is 0 Å². The van der Waals surface area contributed by atoms with Crippen LogP contribution >= 0.6 is 0 Å². The standard InChI is InChI=1S/C19H23N5O3S/c1-14-11-18(23-22-14)20-17-12-16(13-19(21-17)24(2)9-6-10-25)28(26,27)15-7-4-3-5-8-15/h3-5,7-8,11-13,25H,6,9-10H2,1-2H3,(H2,20,21,22,23). The van der Waals surface area contributed by atoms with Gasteiger partial charge in [-0.25, -0.2) is 13.4 Å². The second-order valence-electron chi connectivity index (χ2n) is 6.42. The van der Waals surface area contributed by atoms with Gasteiger partial charge in [-0.1, -0.05) is 18.2 Å². The Labute approximate surface area is 164 Å². The number of sulfone groups is 1. The molecule has 0 aliphatic heterocycles. The molecular weight excluding hydrogens is 378 g/mol. The first-order valence-electron chi connectivity index (χ1n) is 8.83. The van der Waals surface area contributed by atoms with Crippen LogP contribution in [0.1, 0.15) is 12.1 Å². The minimum atomic E-state index is -3.71. The first-order chi connectivity index (χ1) is 13.4. The van der Waals surface area contributed by atoms with E-state index in [-0.39, 0.29) is 16.4 Å². The number of aromatic amines is 1. The van der Waals surface area contributed by atoms with Gasteiger partial charge in [-0.3, -0.25) is 5.10 Å². The lowest BCUT2D eigenvalue weighted by Crippen LogP contribution is -2.21. The first kappa shape index (κ1) is 19.8. The summed E-state index contributed by atoms with van der Waals surface area (Å²) in [6, 6.07) is 13.1. The van der Waals surface area contributed by atoms with Crippen LogP contribution in [0.3, 0.4) is 0 Å². The number of H-pyrrole nitrogens is 1. The van der Waals surface area contributed by atoms with E-state index in [1.54, 1.807) is 54.4 Å². The lowest BCUT2D eigenvalue weighted by molar-refractivity contribution is 0.290. The molecule has 0 atom stereocenters. The molecule has 0 bridgehead atoms. The number of rotatable bonds is 8. The molecule has 8 nitrogen and oxygen atoms in total. The highest BCUT2D eigenvalue weighted by Gasteiger charge is 2.20. The van der Waals surface area contributed by atoms with Crippen LogP contribution in [-0.4, -0.2) is 48.9 Å². The van der Waals surface area contributed by atoms with E-state index in [0.717, 1.165) is 5.69 Å². The number of pyridine rings is 1. The van der Waals surface area contributed by atoms with Crippen LogP contribution in [0.25, 0.3) is 0 Å². The maximum absolute atomic E-state index is 13.1. The largest absolute Gasteiger partial charge is 0.396 e. The zero-order valence-electron chi connectivity index (χ0n) is 15.8. The lowest BCUT2D eigenvalue weighted by atomic mass is 10.3. The van der Waals surface area contributed by atoms with Crippen LogP contribution in [0.2, 0.25) is 0 Å². The van der Waals surface area contributed by atoms with E-state index >= 15 is 0 Å². The van der Waals surface area contributed by atoms with E-state index in [1.807, 2.05) is 6.92 Å². The summed E-state index contributed by atoms with van der Waals surface area (Å²) in [7, 11) is -1.90. The van der Waals surface area contributed by atoms with E-state index in [4.69, 9.17) is 5.11 Å². The Hall–Kier alpha value is -2.91. The molecular formula is C19H23N5O3S. The summed E-state index contributed by atoms with van der Waals surface area (Å²) in [6.07, 6.45) is 0.551. The Morgan fingerprint density at radius 1 is 1.11 bits per heavy atom. The molecule has 0 unspecified atom stereocenters. The van der Waals surface area contributed by atoms with E-state index < -0.39 is 9.84 Å². The van der Waals surface area contributed by atoms with Crippen molar-refractivity contribution in [3.05, 3.63) is 54.2 Å². The molecule has 3 N–H and O–H groups in total. The predicted molar refractivity (Wildman–Crippen MR) is 108 cm³/mol. The van der Waals surface area contributed by atoms with Crippen molar-refractivity contribution in [2.75, 3.05) is 30.4 Å². The summed E-state index contributed by atoms with van der Waals surface area (Å²) in [5, 5.41) is 19.1. The second kappa shape index (κ2) is 8.41. The first-order valence-corrected chi connectivity index (χ1v) is 10.3. The molecule has 2 heterocycles. The van der Waals surface area contributed by atoms with Crippen LogP contribution in [0.4, 0.5) is 17.5 Å². The van der Waals surface area contributed by atoms with Gasteiger partial charge in [0, 0.05) is 38.0 Å². The third-order valence-electron chi connectivity index (χ3n) is 4.15. The molecule has 0 radical (unpaired) electrons. The van der Waals surface area contributed by atoms with Crippen molar-refractivity contribution in [1.29, 1.82) is 0 Å². The van der Waals surface area contributed by atoms with Crippen molar-refractivity contribution < 1.29 is 13.5 Å². The third kappa shape index (κ3) is 4.49. The van der Waals surface area contributed by atoms with Crippen molar-refractivity contribution in [3.63, 3.8) is 0 Å². The van der Waals surface area contributed by atoms with Gasteiger partial charge in [-0.05, 0) is 31.5 Å². The topological polar surface area (TPSA) is 111 Å². The van der Waals surface area contributed by atoms with Gasteiger partial charge in [0.1, 0.15) is 11.6 Å². The number of benzene rings is 1. The van der Waals surface area contributed by atoms with Crippen molar-refractivity contribution in [2.24, 2.45) is 0 Å². The van der Waals surface area contributed by atoms with Gasteiger partial charge in [0.15, 0.2) is 5.82 Å². The summed E-state index contributed by atoms with van der Waals surface area (Å²) in [5.74, 6) is 1.40. The summed E-state index contributed by atoms with van der Waals surface area (Å²) in [4.78, 5) is 6.67. The maximum Gasteiger partial charge on any atom is 0.206 e. The van der Waals surface area contributed by atoms with Gasteiger partial charge in [0.05, 0.1) is 9.79 Å². The Morgan fingerprint density at radius 3 is 2.50 bits per heavy atom. The lowest BCUT2D eigenvalue weighted by Gasteiger charge is -2.19. The fourth-order valence-corrected chi connectivity index (χ4v) is 3.99. The Bertz CT molecular complexity index is 1030. The molecule has 0 fully saturated rings. The molecule has 28 heavy (non-hydrogen) atoms. The Kier molecular flexibility index (Phi) is 5.96. The van der Waals surface area contributed by atoms with E-state index in [1.165, 1.54) is 6.07 Å². The second-order valence-corrected chi connectivity index (χ2v) is 8.37. The van der Waals surface area contributed by atoms with Gasteiger partial charge in [0.2, 0.25) is 9.84 Å². The summed E-state index contributed by atoms with van der Waals surface area (Å²) in [6.45, 7) is 2.46. The van der Waals surface area contributed by atoms with Crippen LogP contribution in [0.15, 0.2) is 58.3 Å². The number of nitrogens with zero attached hydrogens (tertiary/aromatic N) is 3. The monoisotopic (exact) mass is 401 g/mol. The molecule has 0 amide bonds. The van der Waals surface area contributed by atoms with Gasteiger partial charge in [-0.15, -0.1) is 0 Å². The summed E-state index contributed by atoms with van der Waals surface area (Å²) in [5.41, 5.74) is 0.871. The van der Waals surface area contributed by atoms with E-state index in [0.29, 0.717) is 30.4 Å². The average molecular weight is 401 g/mol. The smallest absolute Gasteiger partial charge is 0.206 e. The van der Waals surface area contributed by atoms with Crippen molar-refractivity contribution >= 4 is 27.3 Å². The predicted octanol–water partition coefficient (Wildman–Crippen LogP) is 2.51. The van der Waals surface area contributed by atoms with Crippen LogP contribution in [0.5, 0.6) is 0 Å². The highest BCUT2D eigenvalue weighted by atomic mass is 32.2. The zero-order chi connectivity index (χ0) is 20.1. The summed E-state index contributed by atoms with van der Waals surface area (Å²) >= 11 is 0. The molecule has 0 spiro atoms. The third-order valence-corrected chi connectivity index (χ3v) is 5.90.